The summed E-state index contributed by atoms with van der Waals surface area (Å²) in [5.74, 6) is -2.07. The molecule has 2 aliphatic heterocycles. The molecule has 7 heteroatoms. The Kier molecular flexibility index (Phi) is 5.55. The van der Waals surface area contributed by atoms with Crippen LogP contribution in [-0.2, 0) is 19.2 Å². The van der Waals surface area contributed by atoms with Crippen molar-refractivity contribution in [1.82, 2.24) is 0 Å². The van der Waals surface area contributed by atoms with Gasteiger partial charge in [0.2, 0.25) is 17.7 Å². The standard InChI is InChI=1S/C27H26N2O5/c1-16-10-17(2)12-20(11-16)28-15-18(13-24(28)30)27(33)34-21-7-5-6-19(14-21)29-25(31)22-8-3-4-9-23(22)26(29)32/h3-7,10-12,14,18,22-23H,8-9,13,15H2,1-2H3/t18-,22-,23-/m1/s1. The molecule has 174 valence electrons. The third-order valence-electron chi connectivity index (χ3n) is 6.78. The Bertz CT molecular complexity index is 1190. The minimum absolute atomic E-state index is 0.0744. The molecule has 3 aliphatic rings. The quantitative estimate of drug-likeness (QED) is 0.302. The highest BCUT2D eigenvalue weighted by molar-refractivity contribution is 6.22. The second kappa shape index (κ2) is 8.56. The number of esters is 1. The van der Waals surface area contributed by atoms with E-state index in [1.165, 1.54) is 11.0 Å². The zero-order valence-electron chi connectivity index (χ0n) is 19.2. The second-order valence-electron chi connectivity index (χ2n) is 9.34. The largest absolute Gasteiger partial charge is 0.426 e. The molecule has 2 aromatic carbocycles. The van der Waals surface area contributed by atoms with Gasteiger partial charge in [0, 0.05) is 24.7 Å². The number of anilines is 2. The Balaban J connectivity index is 1.30. The summed E-state index contributed by atoms with van der Waals surface area (Å²) in [7, 11) is 0. The van der Waals surface area contributed by atoms with Crippen molar-refractivity contribution in [2.75, 3.05) is 16.3 Å². The van der Waals surface area contributed by atoms with Gasteiger partial charge >= 0.3 is 5.97 Å². The maximum Gasteiger partial charge on any atom is 0.316 e. The van der Waals surface area contributed by atoms with Crippen LogP contribution in [0.1, 0.15) is 30.4 Å². The van der Waals surface area contributed by atoms with Crippen molar-refractivity contribution >= 4 is 35.1 Å². The molecule has 1 aliphatic carbocycles. The predicted molar refractivity (Wildman–Crippen MR) is 126 cm³/mol. The Labute approximate surface area is 198 Å². The van der Waals surface area contributed by atoms with Crippen molar-refractivity contribution in [1.29, 1.82) is 0 Å². The Morgan fingerprint density at radius 2 is 1.53 bits per heavy atom. The van der Waals surface area contributed by atoms with Gasteiger partial charge in [-0.3, -0.25) is 19.2 Å². The first-order valence-electron chi connectivity index (χ1n) is 11.5. The highest BCUT2D eigenvalue weighted by atomic mass is 16.5. The topological polar surface area (TPSA) is 84.0 Å². The number of amides is 3. The maximum absolute atomic E-state index is 12.9. The monoisotopic (exact) mass is 458 g/mol. The third kappa shape index (κ3) is 3.91. The molecule has 0 N–H and O–H groups in total. The lowest BCUT2D eigenvalue weighted by atomic mass is 9.85. The van der Waals surface area contributed by atoms with Gasteiger partial charge in [-0.1, -0.05) is 24.3 Å². The van der Waals surface area contributed by atoms with E-state index < -0.39 is 11.9 Å². The van der Waals surface area contributed by atoms with Crippen molar-refractivity contribution in [3.63, 3.8) is 0 Å². The van der Waals surface area contributed by atoms with Crippen LogP contribution in [0.3, 0.4) is 0 Å². The van der Waals surface area contributed by atoms with Crippen LogP contribution in [0.2, 0.25) is 0 Å². The Morgan fingerprint density at radius 1 is 0.882 bits per heavy atom. The van der Waals surface area contributed by atoms with Crippen LogP contribution in [0.15, 0.2) is 54.6 Å². The third-order valence-corrected chi connectivity index (χ3v) is 6.78. The number of nitrogens with zero attached hydrogens (tertiary/aromatic N) is 2. The molecule has 0 saturated carbocycles. The predicted octanol–water partition coefficient (Wildman–Crippen LogP) is 3.72. The second-order valence-corrected chi connectivity index (χ2v) is 9.34. The molecular formula is C27H26N2O5. The van der Waals surface area contributed by atoms with Gasteiger partial charge in [-0.2, -0.15) is 0 Å². The number of fused-ring (bicyclic) bond motifs is 1. The smallest absolute Gasteiger partial charge is 0.316 e. The van der Waals surface area contributed by atoms with E-state index in [1.54, 1.807) is 23.1 Å². The molecule has 5 rings (SSSR count). The fourth-order valence-corrected chi connectivity index (χ4v) is 5.16. The number of carbonyl (C=O) groups excluding carboxylic acids is 4. The van der Waals surface area contributed by atoms with Gasteiger partial charge in [-0.05, 0) is 62.1 Å². The lowest BCUT2D eigenvalue weighted by Crippen LogP contribution is -2.31. The Morgan fingerprint density at radius 3 is 2.18 bits per heavy atom. The summed E-state index contributed by atoms with van der Waals surface area (Å²) >= 11 is 0. The van der Waals surface area contributed by atoms with Gasteiger partial charge < -0.3 is 9.64 Å². The number of rotatable bonds is 4. The molecule has 7 nitrogen and oxygen atoms in total. The zero-order chi connectivity index (χ0) is 24.0. The first-order chi connectivity index (χ1) is 16.3. The molecule has 0 spiro atoms. The fraction of sp³-hybridized carbons (Fsp3) is 0.333. The first-order valence-corrected chi connectivity index (χ1v) is 11.5. The van der Waals surface area contributed by atoms with Crippen LogP contribution >= 0.6 is 0 Å². The minimum atomic E-state index is -0.596. The van der Waals surface area contributed by atoms with E-state index in [1.807, 2.05) is 44.2 Å². The van der Waals surface area contributed by atoms with Crippen LogP contribution in [0.5, 0.6) is 5.75 Å². The average molecular weight is 459 g/mol. The molecule has 0 radical (unpaired) electrons. The number of aryl methyl sites for hydroxylation is 2. The highest BCUT2D eigenvalue weighted by Crippen LogP contribution is 2.38. The number of allylic oxidation sites excluding steroid dienone is 2. The van der Waals surface area contributed by atoms with Crippen molar-refractivity contribution in [2.24, 2.45) is 17.8 Å². The zero-order valence-corrected chi connectivity index (χ0v) is 19.2. The first kappa shape index (κ1) is 22.1. The number of imide groups is 1. The maximum atomic E-state index is 12.9. The van der Waals surface area contributed by atoms with Gasteiger partial charge in [0.25, 0.3) is 0 Å². The van der Waals surface area contributed by atoms with Crippen LogP contribution in [-0.4, -0.2) is 30.2 Å². The fourth-order valence-electron chi connectivity index (χ4n) is 5.16. The molecule has 2 saturated heterocycles. The summed E-state index contributed by atoms with van der Waals surface area (Å²) in [4.78, 5) is 54.1. The van der Waals surface area contributed by atoms with Crippen LogP contribution in [0, 0.1) is 31.6 Å². The van der Waals surface area contributed by atoms with Crippen molar-refractivity contribution in [3.05, 3.63) is 65.7 Å². The summed E-state index contributed by atoms with van der Waals surface area (Å²) in [6.45, 7) is 4.19. The van der Waals surface area contributed by atoms with Crippen molar-refractivity contribution in [2.45, 2.75) is 33.1 Å². The molecule has 3 amide bonds. The van der Waals surface area contributed by atoms with E-state index >= 15 is 0 Å². The van der Waals surface area contributed by atoms with Crippen LogP contribution in [0.4, 0.5) is 11.4 Å². The van der Waals surface area contributed by atoms with Crippen LogP contribution < -0.4 is 14.5 Å². The van der Waals surface area contributed by atoms with E-state index in [2.05, 4.69) is 0 Å². The summed E-state index contributed by atoms with van der Waals surface area (Å²) in [6.07, 6.45) is 5.09. The summed E-state index contributed by atoms with van der Waals surface area (Å²) in [6, 6.07) is 12.4. The van der Waals surface area contributed by atoms with Gasteiger partial charge in [0.15, 0.2) is 0 Å². The van der Waals surface area contributed by atoms with E-state index in [0.717, 1.165) is 16.8 Å². The van der Waals surface area contributed by atoms with Crippen LogP contribution in [0.25, 0.3) is 0 Å². The summed E-state index contributed by atoms with van der Waals surface area (Å²) in [5, 5.41) is 0. The molecule has 2 fully saturated rings. The number of benzene rings is 2. The van der Waals surface area contributed by atoms with Crippen molar-refractivity contribution < 1.29 is 23.9 Å². The molecule has 3 atom stereocenters. The molecule has 0 aromatic heterocycles. The molecule has 0 bridgehead atoms. The highest BCUT2D eigenvalue weighted by Gasteiger charge is 2.48. The van der Waals surface area contributed by atoms with Gasteiger partial charge in [-0.15, -0.1) is 0 Å². The van der Waals surface area contributed by atoms with Gasteiger partial charge in [0.1, 0.15) is 5.75 Å². The van der Waals surface area contributed by atoms with Gasteiger partial charge in [-0.25, -0.2) is 4.90 Å². The summed E-state index contributed by atoms with van der Waals surface area (Å²) < 4.78 is 5.59. The van der Waals surface area contributed by atoms with E-state index in [-0.39, 0.29) is 48.3 Å². The molecule has 2 aromatic rings. The van der Waals surface area contributed by atoms with E-state index in [0.29, 0.717) is 18.5 Å². The number of hydrogen-bond acceptors (Lipinski definition) is 5. The number of ether oxygens (including phenoxy) is 1. The summed E-state index contributed by atoms with van der Waals surface area (Å²) in [5.41, 5.74) is 3.27. The lowest BCUT2D eigenvalue weighted by molar-refractivity contribution is -0.139. The van der Waals surface area contributed by atoms with Gasteiger partial charge in [0.05, 0.1) is 23.4 Å². The van der Waals surface area contributed by atoms with E-state index in [9.17, 15) is 19.2 Å². The number of carbonyl (C=O) groups is 4. The molecule has 0 unspecified atom stereocenters. The Hall–Kier alpha value is -3.74. The molecule has 34 heavy (non-hydrogen) atoms. The van der Waals surface area contributed by atoms with E-state index in [4.69, 9.17) is 4.74 Å². The number of hydrogen-bond donors (Lipinski definition) is 0. The average Bonchev–Trinajstić information content (AvgIpc) is 3.31. The molecular weight excluding hydrogens is 432 g/mol. The lowest BCUT2D eigenvalue weighted by Gasteiger charge is -2.18. The normalized spacial score (nSPS) is 24.1. The SMILES string of the molecule is Cc1cc(C)cc(N2C[C@H](C(=O)Oc3cccc(N4C(=O)[C@@H]5CC=CC[C@H]5C4=O)c3)CC2=O)c1. The molecule has 2 heterocycles. The minimum Gasteiger partial charge on any atom is -0.426 e. The van der Waals surface area contributed by atoms with Crippen molar-refractivity contribution in [3.8, 4) is 5.75 Å².